The highest BCUT2D eigenvalue weighted by molar-refractivity contribution is 6.08. The largest absolute Gasteiger partial charge is 0.465 e. The molecule has 0 radical (unpaired) electrons. The molecule has 0 saturated carbocycles. The number of ether oxygens (including phenoxy) is 2. The molecule has 2 rings (SSSR count). The number of nitrogens with one attached hydrogen (secondary N) is 1. The van der Waals surface area contributed by atoms with E-state index in [4.69, 9.17) is 5.26 Å². The smallest absolute Gasteiger partial charge is 0.339 e. The Balaban J connectivity index is 2.37. The van der Waals surface area contributed by atoms with Crippen LogP contribution in [0.2, 0.25) is 0 Å². The van der Waals surface area contributed by atoms with Gasteiger partial charge in [0.25, 0.3) is 5.91 Å². The second-order valence-electron chi connectivity index (χ2n) is 4.74. The Morgan fingerprint density at radius 1 is 1.04 bits per heavy atom. The molecule has 8 heteroatoms. The van der Waals surface area contributed by atoms with Crippen LogP contribution in [0.3, 0.4) is 0 Å². The summed E-state index contributed by atoms with van der Waals surface area (Å²) >= 11 is 0. The maximum absolute atomic E-state index is 12.3. The van der Waals surface area contributed by atoms with Crippen LogP contribution >= 0.6 is 0 Å². The lowest BCUT2D eigenvalue weighted by Gasteiger charge is -2.11. The zero-order chi connectivity index (χ0) is 18.4. The van der Waals surface area contributed by atoms with Crippen LogP contribution in [-0.4, -0.2) is 37.0 Å². The number of esters is 2. The molecule has 1 heterocycles. The minimum absolute atomic E-state index is 0.0742. The molecule has 0 unspecified atom stereocenters. The van der Waals surface area contributed by atoms with Gasteiger partial charge in [0.2, 0.25) is 0 Å². The van der Waals surface area contributed by atoms with Crippen LogP contribution in [0.5, 0.6) is 0 Å². The van der Waals surface area contributed by atoms with Gasteiger partial charge in [-0.2, -0.15) is 5.26 Å². The zero-order valence-electron chi connectivity index (χ0n) is 13.4. The third kappa shape index (κ3) is 3.97. The maximum atomic E-state index is 12.3. The van der Waals surface area contributed by atoms with Crippen LogP contribution in [0.25, 0.3) is 0 Å². The number of amides is 1. The zero-order valence-corrected chi connectivity index (χ0v) is 13.4. The number of methoxy groups -OCH3 is 2. The molecule has 1 aromatic carbocycles. The number of nitrogens with zero attached hydrogens (tertiary/aromatic N) is 2. The summed E-state index contributed by atoms with van der Waals surface area (Å²) < 4.78 is 9.29. The second-order valence-corrected chi connectivity index (χ2v) is 4.74. The highest BCUT2D eigenvalue weighted by Gasteiger charge is 2.18. The lowest BCUT2D eigenvalue weighted by Crippen LogP contribution is -2.16. The van der Waals surface area contributed by atoms with Crippen molar-refractivity contribution in [2.45, 2.75) is 0 Å². The highest BCUT2D eigenvalue weighted by Crippen LogP contribution is 2.20. The minimum atomic E-state index is -0.676. The van der Waals surface area contributed by atoms with Crippen molar-refractivity contribution < 1.29 is 23.9 Å². The first-order valence-corrected chi connectivity index (χ1v) is 6.98. The Morgan fingerprint density at radius 2 is 1.72 bits per heavy atom. The van der Waals surface area contributed by atoms with E-state index >= 15 is 0 Å². The minimum Gasteiger partial charge on any atom is -0.465 e. The van der Waals surface area contributed by atoms with Crippen molar-refractivity contribution in [3.8, 4) is 6.07 Å². The Bertz CT molecular complexity index is 869. The van der Waals surface area contributed by atoms with E-state index < -0.39 is 17.8 Å². The molecule has 0 atom stereocenters. The molecule has 0 fully saturated rings. The summed E-state index contributed by atoms with van der Waals surface area (Å²) in [6.45, 7) is 0. The number of hydrogen-bond acceptors (Lipinski definition) is 7. The van der Waals surface area contributed by atoms with Crippen LogP contribution in [0.4, 0.5) is 5.69 Å². The van der Waals surface area contributed by atoms with Crippen molar-refractivity contribution in [3.05, 3.63) is 58.9 Å². The van der Waals surface area contributed by atoms with E-state index in [0.29, 0.717) is 0 Å². The molecule has 2 aromatic rings. The molecule has 25 heavy (non-hydrogen) atoms. The number of carbonyl (C=O) groups is 3. The maximum Gasteiger partial charge on any atom is 0.339 e. The molecule has 0 aliphatic heterocycles. The molecular weight excluding hydrogens is 326 g/mol. The topological polar surface area (TPSA) is 118 Å². The Kier molecular flexibility index (Phi) is 5.43. The fourth-order valence-electron chi connectivity index (χ4n) is 1.97. The van der Waals surface area contributed by atoms with Gasteiger partial charge in [-0.25, -0.2) is 14.6 Å². The summed E-state index contributed by atoms with van der Waals surface area (Å²) in [5.41, 5.74) is 0.662. The van der Waals surface area contributed by atoms with E-state index in [1.165, 1.54) is 50.7 Å². The standard InChI is InChI=1S/C17H13N3O5/c1-24-16(22)10-4-6-13(17(23)25-2)14(7-10)20-15(21)11-3-5-12(8-18)19-9-11/h3-7,9H,1-2H3,(H,20,21). The summed E-state index contributed by atoms with van der Waals surface area (Å²) in [5, 5.41) is 11.3. The van der Waals surface area contributed by atoms with Gasteiger partial charge in [-0.1, -0.05) is 0 Å². The summed E-state index contributed by atoms with van der Waals surface area (Å²) in [5.74, 6) is -1.86. The van der Waals surface area contributed by atoms with Gasteiger partial charge in [0.15, 0.2) is 0 Å². The number of nitriles is 1. The van der Waals surface area contributed by atoms with Gasteiger partial charge in [0.05, 0.1) is 36.6 Å². The van der Waals surface area contributed by atoms with Crippen LogP contribution < -0.4 is 5.32 Å². The van der Waals surface area contributed by atoms with E-state index in [9.17, 15) is 14.4 Å². The molecular formula is C17H13N3O5. The van der Waals surface area contributed by atoms with Crippen LogP contribution in [-0.2, 0) is 9.47 Å². The van der Waals surface area contributed by atoms with E-state index in [2.05, 4.69) is 19.8 Å². The molecule has 0 aliphatic carbocycles. The monoisotopic (exact) mass is 339 g/mol. The fourth-order valence-corrected chi connectivity index (χ4v) is 1.97. The molecule has 0 aliphatic rings. The van der Waals surface area contributed by atoms with Crippen molar-refractivity contribution in [1.29, 1.82) is 5.26 Å². The molecule has 8 nitrogen and oxygen atoms in total. The molecule has 1 N–H and O–H groups in total. The number of carbonyl (C=O) groups excluding carboxylic acids is 3. The first-order chi connectivity index (χ1) is 12.0. The van der Waals surface area contributed by atoms with Crippen molar-refractivity contribution >= 4 is 23.5 Å². The van der Waals surface area contributed by atoms with E-state index in [-0.39, 0.29) is 28.1 Å². The predicted molar refractivity (Wildman–Crippen MR) is 86.0 cm³/mol. The number of pyridine rings is 1. The Morgan fingerprint density at radius 3 is 2.28 bits per heavy atom. The van der Waals surface area contributed by atoms with Crippen LogP contribution in [0.15, 0.2) is 36.5 Å². The average Bonchev–Trinajstić information content (AvgIpc) is 2.66. The summed E-state index contributed by atoms with van der Waals surface area (Å²) in [7, 11) is 2.42. The Labute approximate surface area is 143 Å². The Hall–Kier alpha value is -3.73. The normalized spacial score (nSPS) is 9.64. The molecule has 0 bridgehead atoms. The highest BCUT2D eigenvalue weighted by atomic mass is 16.5. The van der Waals surface area contributed by atoms with E-state index in [1.807, 2.05) is 6.07 Å². The first kappa shape index (κ1) is 17.6. The van der Waals surface area contributed by atoms with Gasteiger partial charge in [-0.15, -0.1) is 0 Å². The third-order valence-corrected chi connectivity index (χ3v) is 3.23. The van der Waals surface area contributed by atoms with Crippen molar-refractivity contribution in [3.63, 3.8) is 0 Å². The number of benzene rings is 1. The average molecular weight is 339 g/mol. The number of rotatable bonds is 4. The number of anilines is 1. The first-order valence-electron chi connectivity index (χ1n) is 6.98. The molecule has 1 aromatic heterocycles. The number of aromatic nitrogens is 1. The third-order valence-electron chi connectivity index (χ3n) is 3.23. The SMILES string of the molecule is COC(=O)c1ccc(C(=O)OC)c(NC(=O)c2ccc(C#N)nc2)c1. The molecule has 126 valence electrons. The lowest BCUT2D eigenvalue weighted by atomic mass is 10.1. The van der Waals surface area contributed by atoms with Crippen LogP contribution in [0, 0.1) is 11.3 Å². The quantitative estimate of drug-likeness (QED) is 0.843. The van der Waals surface area contributed by atoms with Gasteiger partial charge < -0.3 is 14.8 Å². The summed E-state index contributed by atoms with van der Waals surface area (Å²) in [6.07, 6.45) is 1.23. The van der Waals surface area contributed by atoms with Crippen LogP contribution in [0.1, 0.15) is 36.8 Å². The van der Waals surface area contributed by atoms with Gasteiger partial charge in [-0.3, -0.25) is 4.79 Å². The van der Waals surface area contributed by atoms with E-state index in [0.717, 1.165) is 0 Å². The van der Waals surface area contributed by atoms with E-state index in [1.54, 1.807) is 0 Å². The second kappa shape index (κ2) is 7.70. The predicted octanol–water partition coefficient (Wildman–Crippen LogP) is 1.78. The fraction of sp³-hybridized carbons (Fsp3) is 0.118. The van der Waals surface area contributed by atoms with Crippen molar-refractivity contribution in [1.82, 2.24) is 4.98 Å². The molecule has 0 spiro atoms. The summed E-state index contributed by atoms with van der Waals surface area (Å²) in [4.78, 5) is 39.6. The molecule has 0 saturated heterocycles. The number of hydrogen-bond donors (Lipinski definition) is 1. The van der Waals surface area contributed by atoms with Crippen molar-refractivity contribution in [2.75, 3.05) is 19.5 Å². The summed E-state index contributed by atoms with van der Waals surface area (Å²) in [6, 6.07) is 8.71. The van der Waals surface area contributed by atoms with Gasteiger partial charge in [0, 0.05) is 6.20 Å². The van der Waals surface area contributed by atoms with Gasteiger partial charge in [-0.05, 0) is 30.3 Å². The van der Waals surface area contributed by atoms with Crippen molar-refractivity contribution in [2.24, 2.45) is 0 Å². The molecule has 1 amide bonds. The van der Waals surface area contributed by atoms with Gasteiger partial charge >= 0.3 is 11.9 Å². The lowest BCUT2D eigenvalue weighted by molar-refractivity contribution is 0.0587. The van der Waals surface area contributed by atoms with Gasteiger partial charge in [0.1, 0.15) is 11.8 Å².